The van der Waals surface area contributed by atoms with Crippen LogP contribution < -0.4 is 5.32 Å². The summed E-state index contributed by atoms with van der Waals surface area (Å²) < 4.78 is 0. The van der Waals surface area contributed by atoms with Crippen LogP contribution in [0.2, 0.25) is 10.0 Å². The Bertz CT molecular complexity index is 791. The monoisotopic (exact) mass is 378 g/mol. The number of benzene rings is 1. The molecule has 1 aliphatic rings. The molecule has 2 amide bonds. The van der Waals surface area contributed by atoms with Gasteiger partial charge in [-0.2, -0.15) is 0 Å². The minimum atomic E-state index is -0.562. The zero-order valence-corrected chi connectivity index (χ0v) is 15.0. The van der Waals surface area contributed by atoms with Crippen LogP contribution >= 0.6 is 23.2 Å². The molecule has 25 heavy (non-hydrogen) atoms. The Morgan fingerprint density at radius 3 is 2.52 bits per heavy atom. The molecule has 1 aromatic heterocycles. The zero-order chi connectivity index (χ0) is 18.0. The first-order valence-corrected chi connectivity index (χ1v) is 8.56. The van der Waals surface area contributed by atoms with E-state index in [1.54, 1.807) is 25.1 Å². The highest BCUT2D eigenvalue weighted by Crippen LogP contribution is 2.25. The van der Waals surface area contributed by atoms with E-state index in [4.69, 9.17) is 23.2 Å². The van der Waals surface area contributed by atoms with Crippen LogP contribution in [0.25, 0.3) is 0 Å². The van der Waals surface area contributed by atoms with Crippen LogP contribution in [-0.4, -0.2) is 39.3 Å². The molecule has 3 rings (SSSR count). The number of nitrogens with zero attached hydrogens (tertiary/aromatic N) is 3. The number of carbonyl (C=O) groups excluding carboxylic acids is 2. The zero-order valence-electron chi connectivity index (χ0n) is 13.5. The molecule has 1 unspecified atom stereocenters. The Morgan fingerprint density at radius 1 is 1.16 bits per heavy atom. The van der Waals surface area contributed by atoms with Gasteiger partial charge in [0.25, 0.3) is 5.91 Å². The van der Waals surface area contributed by atoms with Gasteiger partial charge in [-0.25, -0.2) is 4.98 Å². The van der Waals surface area contributed by atoms with Crippen molar-refractivity contribution in [1.29, 1.82) is 0 Å². The Balaban J connectivity index is 1.75. The number of likely N-dealkylation sites (tertiary alicyclic amines) is 1. The Hall–Kier alpha value is -2.18. The highest BCUT2D eigenvalue weighted by atomic mass is 35.5. The van der Waals surface area contributed by atoms with Crippen molar-refractivity contribution in [1.82, 2.24) is 14.9 Å². The molecule has 1 fully saturated rings. The second-order valence-electron chi connectivity index (χ2n) is 5.85. The molecule has 0 aliphatic carbocycles. The molecule has 0 radical (unpaired) electrons. The number of anilines is 1. The number of amides is 2. The summed E-state index contributed by atoms with van der Waals surface area (Å²) in [5.74, 6) is -0.571. The first kappa shape index (κ1) is 17.6. The van der Waals surface area contributed by atoms with Crippen molar-refractivity contribution in [3.05, 3.63) is 52.0 Å². The van der Waals surface area contributed by atoms with E-state index in [0.717, 1.165) is 12.1 Å². The first-order valence-electron chi connectivity index (χ1n) is 7.80. The molecule has 2 heterocycles. The van der Waals surface area contributed by atoms with Crippen molar-refractivity contribution in [2.24, 2.45) is 0 Å². The predicted molar refractivity (Wildman–Crippen MR) is 95.9 cm³/mol. The maximum atomic E-state index is 12.6. The highest BCUT2D eigenvalue weighted by molar-refractivity contribution is 6.35. The number of carbonyl (C=O) groups is 2. The van der Waals surface area contributed by atoms with Crippen LogP contribution in [0.5, 0.6) is 0 Å². The molecule has 1 aromatic carbocycles. The lowest BCUT2D eigenvalue weighted by atomic mass is 10.2. The largest absolute Gasteiger partial charge is 0.325 e. The van der Waals surface area contributed by atoms with Crippen LogP contribution in [0, 0.1) is 6.92 Å². The fraction of sp³-hybridized carbons (Fsp3) is 0.294. The van der Waals surface area contributed by atoms with Crippen molar-refractivity contribution in [2.45, 2.75) is 25.8 Å². The van der Waals surface area contributed by atoms with Gasteiger partial charge in [0.2, 0.25) is 5.91 Å². The fourth-order valence-corrected chi connectivity index (χ4v) is 3.31. The molecule has 0 bridgehead atoms. The van der Waals surface area contributed by atoms with E-state index in [1.165, 1.54) is 17.3 Å². The molecule has 1 N–H and O–H groups in total. The van der Waals surface area contributed by atoms with Gasteiger partial charge in [-0.15, -0.1) is 0 Å². The summed E-state index contributed by atoms with van der Waals surface area (Å²) in [7, 11) is 0. The molecule has 2 aromatic rings. The van der Waals surface area contributed by atoms with Crippen LogP contribution in [-0.2, 0) is 4.79 Å². The van der Waals surface area contributed by atoms with Gasteiger partial charge in [-0.1, -0.05) is 23.2 Å². The number of aryl methyl sites for hydroxylation is 1. The summed E-state index contributed by atoms with van der Waals surface area (Å²) in [4.78, 5) is 35.0. The van der Waals surface area contributed by atoms with Crippen molar-refractivity contribution in [2.75, 3.05) is 11.9 Å². The third-order valence-corrected chi connectivity index (χ3v) is 4.38. The van der Waals surface area contributed by atoms with Crippen molar-refractivity contribution >= 4 is 40.7 Å². The normalized spacial score (nSPS) is 16.8. The summed E-state index contributed by atoms with van der Waals surface area (Å²) in [5, 5.41) is 3.63. The SMILES string of the molecule is Cc1cnc(C(=O)N2CCCC2C(=O)Nc2cc(Cl)cc(Cl)c2)cn1. The van der Waals surface area contributed by atoms with Crippen LogP contribution in [0.4, 0.5) is 5.69 Å². The molecular formula is C17H16Cl2N4O2. The lowest BCUT2D eigenvalue weighted by Gasteiger charge is -2.23. The van der Waals surface area contributed by atoms with E-state index in [2.05, 4.69) is 15.3 Å². The highest BCUT2D eigenvalue weighted by Gasteiger charge is 2.35. The number of nitrogens with one attached hydrogen (secondary N) is 1. The third kappa shape index (κ3) is 4.08. The van der Waals surface area contributed by atoms with Gasteiger partial charge in [0.15, 0.2) is 0 Å². The lowest BCUT2D eigenvalue weighted by Crippen LogP contribution is -2.43. The Kier molecular flexibility index (Phi) is 5.20. The van der Waals surface area contributed by atoms with Crippen LogP contribution in [0.1, 0.15) is 29.0 Å². The van der Waals surface area contributed by atoms with Gasteiger partial charge in [-0.05, 0) is 38.0 Å². The molecule has 1 atom stereocenters. The van der Waals surface area contributed by atoms with Crippen molar-refractivity contribution < 1.29 is 9.59 Å². The summed E-state index contributed by atoms with van der Waals surface area (Å²) in [5.41, 5.74) is 1.46. The average molecular weight is 379 g/mol. The van der Waals surface area contributed by atoms with E-state index in [0.29, 0.717) is 28.7 Å². The molecule has 0 spiro atoms. The smallest absolute Gasteiger partial charge is 0.274 e. The first-order chi connectivity index (χ1) is 11.9. The fourth-order valence-electron chi connectivity index (χ4n) is 2.78. The van der Waals surface area contributed by atoms with E-state index < -0.39 is 6.04 Å². The standard InChI is InChI=1S/C17H16Cl2N4O2/c1-10-8-21-14(9-20-10)17(25)23-4-2-3-15(23)16(24)22-13-6-11(18)5-12(19)7-13/h5-9,15H,2-4H2,1H3,(H,22,24). The number of aromatic nitrogens is 2. The quantitative estimate of drug-likeness (QED) is 0.888. The Morgan fingerprint density at radius 2 is 1.88 bits per heavy atom. The van der Waals surface area contributed by atoms with E-state index >= 15 is 0 Å². The number of hydrogen-bond donors (Lipinski definition) is 1. The van der Waals surface area contributed by atoms with Crippen molar-refractivity contribution in [3.63, 3.8) is 0 Å². The summed E-state index contributed by atoms with van der Waals surface area (Å²) in [6.45, 7) is 2.30. The second-order valence-corrected chi connectivity index (χ2v) is 6.72. The molecule has 1 aliphatic heterocycles. The maximum Gasteiger partial charge on any atom is 0.274 e. The van der Waals surface area contributed by atoms with Gasteiger partial charge < -0.3 is 10.2 Å². The summed E-state index contributed by atoms with van der Waals surface area (Å²) in [6, 6.07) is 4.24. The summed E-state index contributed by atoms with van der Waals surface area (Å²) in [6.07, 6.45) is 4.30. The van der Waals surface area contributed by atoms with Crippen LogP contribution in [0.3, 0.4) is 0 Å². The van der Waals surface area contributed by atoms with E-state index in [1.807, 2.05) is 0 Å². The van der Waals surface area contributed by atoms with Gasteiger partial charge in [0.05, 0.1) is 11.9 Å². The third-order valence-electron chi connectivity index (χ3n) is 3.95. The number of halogens is 2. The summed E-state index contributed by atoms with van der Waals surface area (Å²) >= 11 is 11.9. The molecule has 6 nitrogen and oxygen atoms in total. The molecular weight excluding hydrogens is 363 g/mol. The molecule has 8 heteroatoms. The van der Waals surface area contributed by atoms with Crippen molar-refractivity contribution in [3.8, 4) is 0 Å². The van der Waals surface area contributed by atoms with E-state index in [9.17, 15) is 9.59 Å². The number of hydrogen-bond acceptors (Lipinski definition) is 4. The number of rotatable bonds is 3. The Labute approximate surface area is 155 Å². The minimum Gasteiger partial charge on any atom is -0.325 e. The van der Waals surface area contributed by atoms with Gasteiger partial charge in [0, 0.05) is 28.5 Å². The molecule has 1 saturated heterocycles. The van der Waals surface area contributed by atoms with E-state index in [-0.39, 0.29) is 17.5 Å². The van der Waals surface area contributed by atoms with Gasteiger partial charge in [0.1, 0.15) is 11.7 Å². The topological polar surface area (TPSA) is 75.2 Å². The average Bonchev–Trinajstić information content (AvgIpc) is 3.03. The predicted octanol–water partition coefficient (Wildman–Crippen LogP) is 3.34. The second kappa shape index (κ2) is 7.37. The molecule has 130 valence electrons. The van der Waals surface area contributed by atoms with Gasteiger partial charge in [-0.3, -0.25) is 14.6 Å². The maximum absolute atomic E-state index is 12.6. The lowest BCUT2D eigenvalue weighted by molar-refractivity contribution is -0.119. The van der Waals surface area contributed by atoms with Crippen LogP contribution in [0.15, 0.2) is 30.6 Å². The molecule has 0 saturated carbocycles. The van der Waals surface area contributed by atoms with Gasteiger partial charge >= 0.3 is 0 Å². The minimum absolute atomic E-state index is 0.233.